The first-order chi connectivity index (χ1) is 19.2. The van der Waals surface area contributed by atoms with E-state index in [1.165, 1.54) is 43.7 Å². The number of benzene rings is 1. The van der Waals surface area contributed by atoms with Crippen molar-refractivity contribution < 1.29 is 4.79 Å². The second-order valence-corrected chi connectivity index (χ2v) is 13.3. The average Bonchev–Trinajstić information content (AvgIpc) is 3.46. The molecular formula is C32H45N5O2S. The van der Waals surface area contributed by atoms with Gasteiger partial charge in [0.15, 0.2) is 0 Å². The Bertz CT molecular complexity index is 1530. The molecular weight excluding hydrogens is 518 g/mol. The van der Waals surface area contributed by atoms with Gasteiger partial charge in [0.25, 0.3) is 11.5 Å². The van der Waals surface area contributed by atoms with Gasteiger partial charge in [-0.3, -0.25) is 9.59 Å². The monoisotopic (exact) mass is 563 g/mol. The molecule has 40 heavy (non-hydrogen) atoms. The second-order valence-electron chi connectivity index (χ2n) is 12.4. The van der Waals surface area contributed by atoms with Crippen LogP contribution in [0.5, 0.6) is 0 Å². The Hall–Kier alpha value is -2.71. The van der Waals surface area contributed by atoms with Crippen molar-refractivity contribution in [2.75, 3.05) is 32.7 Å². The van der Waals surface area contributed by atoms with Crippen LogP contribution < -0.4 is 5.56 Å². The molecule has 0 radical (unpaired) electrons. The van der Waals surface area contributed by atoms with Crippen LogP contribution in [-0.4, -0.2) is 62.4 Å². The maximum Gasteiger partial charge on any atom is 0.268 e. The van der Waals surface area contributed by atoms with Gasteiger partial charge in [-0.05, 0) is 99.6 Å². The van der Waals surface area contributed by atoms with E-state index in [4.69, 9.17) is 4.98 Å². The van der Waals surface area contributed by atoms with Gasteiger partial charge < -0.3 is 14.4 Å². The van der Waals surface area contributed by atoms with Crippen LogP contribution in [0.25, 0.3) is 27.0 Å². The van der Waals surface area contributed by atoms with Crippen molar-refractivity contribution >= 4 is 44.3 Å². The Balaban J connectivity index is 1.56. The lowest BCUT2D eigenvalue weighted by atomic mass is 10.1. The molecule has 4 heterocycles. The van der Waals surface area contributed by atoms with E-state index < -0.39 is 0 Å². The number of amides is 1. The lowest BCUT2D eigenvalue weighted by Gasteiger charge is -2.26. The van der Waals surface area contributed by atoms with E-state index in [9.17, 15) is 9.59 Å². The molecule has 1 aromatic carbocycles. The summed E-state index contributed by atoms with van der Waals surface area (Å²) in [5, 5.41) is 2.71. The summed E-state index contributed by atoms with van der Waals surface area (Å²) >= 11 is 1.53. The third-order valence-corrected chi connectivity index (χ3v) is 9.30. The quantitative estimate of drug-likeness (QED) is 0.207. The Morgan fingerprint density at radius 2 is 1.70 bits per heavy atom. The van der Waals surface area contributed by atoms with E-state index >= 15 is 0 Å². The highest BCUT2D eigenvalue weighted by Gasteiger charge is 2.22. The molecule has 0 spiro atoms. The molecule has 216 valence electrons. The van der Waals surface area contributed by atoms with Gasteiger partial charge >= 0.3 is 0 Å². The first kappa shape index (κ1) is 28.8. The van der Waals surface area contributed by atoms with Gasteiger partial charge in [0, 0.05) is 25.2 Å². The summed E-state index contributed by atoms with van der Waals surface area (Å²) in [7, 11) is 0. The first-order valence-electron chi connectivity index (χ1n) is 15.2. The fraction of sp³-hybridized carbons (Fsp3) is 0.594. The molecule has 0 unspecified atom stereocenters. The molecule has 0 saturated carbocycles. The van der Waals surface area contributed by atoms with Crippen LogP contribution in [0.2, 0.25) is 0 Å². The van der Waals surface area contributed by atoms with Crippen molar-refractivity contribution in [2.45, 2.75) is 79.7 Å². The molecule has 1 fully saturated rings. The van der Waals surface area contributed by atoms with Crippen LogP contribution >= 0.6 is 11.3 Å². The summed E-state index contributed by atoms with van der Waals surface area (Å²) in [4.78, 5) is 38.0. The lowest BCUT2D eigenvalue weighted by molar-refractivity contribution is 0.0741. The number of hydrogen-bond donors (Lipinski definition) is 0. The van der Waals surface area contributed by atoms with Gasteiger partial charge in [-0.2, -0.15) is 0 Å². The van der Waals surface area contributed by atoms with Gasteiger partial charge in [0.05, 0.1) is 16.4 Å². The number of hydrogen-bond acceptors (Lipinski definition) is 5. The Labute approximate surface area is 241 Å². The summed E-state index contributed by atoms with van der Waals surface area (Å²) < 4.78 is 3.94. The minimum Gasteiger partial charge on any atom is -0.339 e. The molecule has 1 amide bonds. The van der Waals surface area contributed by atoms with Crippen LogP contribution in [0, 0.1) is 18.8 Å². The molecule has 4 aromatic rings. The van der Waals surface area contributed by atoms with Crippen molar-refractivity contribution in [3.05, 3.63) is 45.1 Å². The zero-order valence-corrected chi connectivity index (χ0v) is 25.7. The highest BCUT2D eigenvalue weighted by molar-refractivity contribution is 7.16. The summed E-state index contributed by atoms with van der Waals surface area (Å²) in [5.41, 5.74) is 3.37. The SMILES string of the molecule is Cc1csc2nc3n(CCCN4CCCCC4)c4cc(C(=O)N(CCC(C)C)CCC(C)C)ccc4n3c(=O)c12. The van der Waals surface area contributed by atoms with Crippen LogP contribution in [0.3, 0.4) is 0 Å². The van der Waals surface area contributed by atoms with Crippen LogP contribution in [0.15, 0.2) is 28.4 Å². The Kier molecular flexibility index (Phi) is 8.95. The summed E-state index contributed by atoms with van der Waals surface area (Å²) in [6.45, 7) is 16.4. The van der Waals surface area contributed by atoms with Gasteiger partial charge in [-0.1, -0.05) is 34.1 Å². The normalized spacial score (nSPS) is 14.9. The molecule has 1 saturated heterocycles. The number of aryl methyl sites for hydroxylation is 2. The lowest BCUT2D eigenvalue weighted by Crippen LogP contribution is -2.34. The third kappa shape index (κ3) is 5.98. The standard InChI is InChI=1S/C32H45N5O2S/c1-22(2)12-18-35(19-13-23(3)4)30(38)25-10-11-26-27(20-25)36(17-9-16-34-14-7-6-8-15-34)32-33-29-28(24(5)21-40-29)31(39)37(26)32/h10-11,20-23H,6-9,12-19H2,1-5H3. The highest BCUT2D eigenvalue weighted by Crippen LogP contribution is 2.27. The summed E-state index contributed by atoms with van der Waals surface area (Å²) in [5.74, 6) is 1.82. The summed E-state index contributed by atoms with van der Waals surface area (Å²) in [6.07, 6.45) is 6.82. The van der Waals surface area contributed by atoms with Crippen molar-refractivity contribution in [3.63, 3.8) is 0 Å². The number of nitrogens with zero attached hydrogens (tertiary/aromatic N) is 5. The smallest absolute Gasteiger partial charge is 0.268 e. The van der Waals surface area contributed by atoms with Gasteiger partial charge in [0.1, 0.15) is 4.83 Å². The van der Waals surface area contributed by atoms with E-state index in [1.54, 1.807) is 4.40 Å². The van der Waals surface area contributed by atoms with Gasteiger partial charge in [0.2, 0.25) is 5.78 Å². The van der Waals surface area contributed by atoms with Gasteiger partial charge in [-0.15, -0.1) is 11.3 Å². The number of carbonyl (C=O) groups excluding carboxylic acids is 1. The number of imidazole rings is 1. The predicted octanol–water partition coefficient (Wildman–Crippen LogP) is 6.58. The van der Waals surface area contributed by atoms with Crippen LogP contribution in [0.4, 0.5) is 0 Å². The molecule has 5 rings (SSSR count). The molecule has 0 aliphatic carbocycles. The van der Waals surface area contributed by atoms with Crippen molar-refractivity contribution in [1.82, 2.24) is 23.8 Å². The number of likely N-dealkylation sites (tertiary alicyclic amines) is 1. The molecule has 0 atom stereocenters. The zero-order chi connectivity index (χ0) is 28.4. The topological polar surface area (TPSA) is 62.9 Å². The third-order valence-electron chi connectivity index (χ3n) is 8.31. The number of thiophene rings is 1. The molecule has 0 N–H and O–H groups in total. The first-order valence-corrected chi connectivity index (χ1v) is 16.1. The Morgan fingerprint density at radius 1 is 1.00 bits per heavy atom. The molecule has 7 nitrogen and oxygen atoms in total. The van der Waals surface area contributed by atoms with Crippen molar-refractivity contribution in [2.24, 2.45) is 11.8 Å². The van der Waals surface area contributed by atoms with E-state index in [0.717, 1.165) is 66.9 Å². The molecule has 0 bridgehead atoms. The van der Waals surface area contributed by atoms with E-state index in [1.807, 2.05) is 35.4 Å². The molecule has 3 aromatic heterocycles. The minimum atomic E-state index is -0.0203. The van der Waals surface area contributed by atoms with Crippen LogP contribution in [-0.2, 0) is 6.54 Å². The number of aromatic nitrogens is 3. The maximum atomic E-state index is 13.8. The number of fused-ring (bicyclic) bond motifs is 4. The largest absolute Gasteiger partial charge is 0.339 e. The molecule has 8 heteroatoms. The number of rotatable bonds is 11. The van der Waals surface area contributed by atoms with Gasteiger partial charge in [-0.25, -0.2) is 9.38 Å². The zero-order valence-electron chi connectivity index (χ0n) is 24.9. The maximum absolute atomic E-state index is 13.8. The second kappa shape index (κ2) is 12.4. The average molecular weight is 564 g/mol. The fourth-order valence-corrected chi connectivity index (χ4v) is 6.77. The van der Waals surface area contributed by atoms with Crippen LogP contribution in [0.1, 0.15) is 82.1 Å². The fourth-order valence-electron chi connectivity index (χ4n) is 5.87. The Morgan fingerprint density at radius 3 is 2.38 bits per heavy atom. The van der Waals surface area contributed by atoms with Crippen molar-refractivity contribution in [1.29, 1.82) is 0 Å². The van der Waals surface area contributed by atoms with E-state index in [-0.39, 0.29) is 11.5 Å². The summed E-state index contributed by atoms with van der Waals surface area (Å²) in [6, 6.07) is 5.86. The number of piperidine rings is 1. The highest BCUT2D eigenvalue weighted by atomic mass is 32.1. The predicted molar refractivity (Wildman–Crippen MR) is 167 cm³/mol. The van der Waals surface area contributed by atoms with Crippen molar-refractivity contribution in [3.8, 4) is 0 Å². The number of carbonyl (C=O) groups is 1. The van der Waals surface area contributed by atoms with E-state index in [2.05, 4.69) is 37.2 Å². The van der Waals surface area contributed by atoms with E-state index in [0.29, 0.717) is 28.6 Å². The molecule has 1 aliphatic heterocycles. The molecule has 1 aliphatic rings. The minimum absolute atomic E-state index is 0.0203.